The molecule has 1 aromatic rings. The van der Waals surface area contributed by atoms with E-state index >= 15 is 0 Å². The van der Waals surface area contributed by atoms with Gasteiger partial charge in [-0.25, -0.2) is 4.39 Å². The highest BCUT2D eigenvalue weighted by Crippen LogP contribution is 2.33. The van der Waals surface area contributed by atoms with Crippen molar-refractivity contribution in [3.05, 3.63) is 23.5 Å². The van der Waals surface area contributed by atoms with E-state index in [1.54, 1.807) is 18.0 Å². The number of aryl methyl sites for hydroxylation is 1. The van der Waals surface area contributed by atoms with Gasteiger partial charge in [-0.2, -0.15) is 0 Å². The number of carbonyl (C=O) groups is 1. The second-order valence-electron chi connectivity index (χ2n) is 4.45. The first-order valence-electron chi connectivity index (χ1n) is 5.68. The summed E-state index contributed by atoms with van der Waals surface area (Å²) < 4.78 is 18.6. The Labute approximate surface area is 100 Å². The zero-order valence-electron chi connectivity index (χ0n) is 10.3. The number of carbonyl (C=O) groups excluding carboxylic acids is 1. The monoisotopic (exact) mass is 237 g/mol. The molecule has 0 aliphatic carbocycles. The van der Waals surface area contributed by atoms with Crippen LogP contribution in [-0.2, 0) is 11.2 Å². The lowest BCUT2D eigenvalue weighted by atomic mass is 10.0. The predicted molar refractivity (Wildman–Crippen MR) is 63.8 cm³/mol. The number of hydrogen-bond donors (Lipinski definition) is 0. The number of fused-ring (bicyclic) bond motifs is 1. The highest BCUT2D eigenvalue weighted by molar-refractivity contribution is 5.96. The van der Waals surface area contributed by atoms with Gasteiger partial charge in [-0.1, -0.05) is 6.92 Å². The van der Waals surface area contributed by atoms with Crippen LogP contribution in [0, 0.1) is 11.7 Å². The molecule has 0 N–H and O–H groups in total. The summed E-state index contributed by atoms with van der Waals surface area (Å²) in [6.45, 7) is 1.90. The van der Waals surface area contributed by atoms with Gasteiger partial charge in [0.1, 0.15) is 0 Å². The van der Waals surface area contributed by atoms with Crippen molar-refractivity contribution in [2.24, 2.45) is 5.92 Å². The first kappa shape index (κ1) is 11.9. The van der Waals surface area contributed by atoms with Crippen LogP contribution in [0.2, 0.25) is 0 Å². The van der Waals surface area contributed by atoms with Crippen LogP contribution < -0.4 is 9.64 Å². The summed E-state index contributed by atoms with van der Waals surface area (Å²) in [5, 5.41) is 0. The molecule has 92 valence electrons. The molecule has 3 nitrogen and oxygen atoms in total. The summed E-state index contributed by atoms with van der Waals surface area (Å²) in [4.78, 5) is 13.6. The summed E-state index contributed by atoms with van der Waals surface area (Å²) >= 11 is 0. The number of amides is 1. The maximum Gasteiger partial charge on any atom is 0.229 e. The number of nitrogens with zero attached hydrogens (tertiary/aromatic N) is 1. The Balaban J connectivity index is 2.52. The van der Waals surface area contributed by atoms with Crippen LogP contribution in [0.5, 0.6) is 5.75 Å². The lowest BCUT2D eigenvalue weighted by Gasteiger charge is -2.20. The van der Waals surface area contributed by atoms with E-state index in [1.807, 2.05) is 6.92 Å². The third-order valence-electron chi connectivity index (χ3n) is 3.31. The van der Waals surface area contributed by atoms with Gasteiger partial charge in [-0.05, 0) is 24.5 Å². The molecule has 0 saturated heterocycles. The highest BCUT2D eigenvalue weighted by Gasteiger charge is 2.26. The van der Waals surface area contributed by atoms with Crippen molar-refractivity contribution in [1.82, 2.24) is 0 Å². The van der Waals surface area contributed by atoms with Gasteiger partial charge in [-0.3, -0.25) is 4.79 Å². The van der Waals surface area contributed by atoms with E-state index in [4.69, 9.17) is 4.74 Å². The van der Waals surface area contributed by atoms with Gasteiger partial charge < -0.3 is 9.64 Å². The zero-order chi connectivity index (χ0) is 12.6. The smallest absolute Gasteiger partial charge is 0.229 e. The average molecular weight is 237 g/mol. The fourth-order valence-electron chi connectivity index (χ4n) is 2.20. The zero-order valence-corrected chi connectivity index (χ0v) is 10.3. The molecule has 0 aromatic heterocycles. The maximum absolute atomic E-state index is 13.6. The molecule has 0 radical (unpaired) electrons. The number of rotatable bonds is 1. The van der Waals surface area contributed by atoms with E-state index in [1.165, 1.54) is 13.2 Å². The number of halogens is 1. The first-order valence-corrected chi connectivity index (χ1v) is 5.68. The molecule has 1 unspecified atom stereocenters. The number of benzene rings is 1. The van der Waals surface area contributed by atoms with Crippen LogP contribution in [0.4, 0.5) is 10.1 Å². The summed E-state index contributed by atoms with van der Waals surface area (Å²) in [5.41, 5.74) is 1.61. The molecule has 1 atom stereocenters. The van der Waals surface area contributed by atoms with Gasteiger partial charge in [0.25, 0.3) is 0 Å². The van der Waals surface area contributed by atoms with Crippen molar-refractivity contribution in [3.63, 3.8) is 0 Å². The van der Waals surface area contributed by atoms with Crippen LogP contribution in [-0.4, -0.2) is 20.1 Å². The van der Waals surface area contributed by atoms with Crippen LogP contribution in [0.3, 0.4) is 0 Å². The van der Waals surface area contributed by atoms with E-state index < -0.39 is 0 Å². The number of ether oxygens (including phenoxy) is 1. The standard InChI is InChI=1S/C13H16FNO2/c1-8-4-5-9-6-10(14)12(17-3)7-11(9)15(2)13(8)16/h6-8H,4-5H2,1-3H3. The van der Waals surface area contributed by atoms with Crippen LogP contribution in [0.25, 0.3) is 0 Å². The molecule has 2 rings (SSSR count). The first-order chi connectivity index (χ1) is 8.04. The normalized spacial score (nSPS) is 19.9. The second kappa shape index (κ2) is 4.35. The fraction of sp³-hybridized carbons (Fsp3) is 0.462. The van der Waals surface area contributed by atoms with Crippen molar-refractivity contribution >= 4 is 11.6 Å². The van der Waals surface area contributed by atoms with Crippen molar-refractivity contribution in [3.8, 4) is 5.75 Å². The lowest BCUT2D eigenvalue weighted by molar-refractivity contribution is -0.121. The molecule has 1 aromatic carbocycles. The summed E-state index contributed by atoms with van der Waals surface area (Å²) in [6, 6.07) is 3.07. The average Bonchev–Trinajstić information content (AvgIpc) is 2.42. The molecule has 0 saturated carbocycles. The Bertz CT molecular complexity index is 459. The number of hydrogen-bond acceptors (Lipinski definition) is 2. The molecule has 4 heteroatoms. The van der Waals surface area contributed by atoms with Gasteiger partial charge in [-0.15, -0.1) is 0 Å². The fourth-order valence-corrected chi connectivity index (χ4v) is 2.20. The third kappa shape index (κ3) is 1.99. The van der Waals surface area contributed by atoms with Crippen molar-refractivity contribution in [2.75, 3.05) is 19.1 Å². The maximum atomic E-state index is 13.6. The Morgan fingerprint density at radius 3 is 2.82 bits per heavy atom. The topological polar surface area (TPSA) is 29.5 Å². The summed E-state index contributed by atoms with van der Waals surface area (Å²) in [5.74, 6) is -0.154. The van der Waals surface area contributed by atoms with Crippen LogP contribution >= 0.6 is 0 Å². The Kier molecular flexibility index (Phi) is 3.05. The van der Waals surface area contributed by atoms with Gasteiger partial charge in [0.05, 0.1) is 12.8 Å². The minimum absolute atomic E-state index is 0.0264. The number of anilines is 1. The van der Waals surface area contributed by atoms with Gasteiger partial charge in [0.2, 0.25) is 5.91 Å². The van der Waals surface area contributed by atoms with Gasteiger partial charge in [0, 0.05) is 19.0 Å². The van der Waals surface area contributed by atoms with Crippen molar-refractivity contribution in [1.29, 1.82) is 0 Å². The number of methoxy groups -OCH3 is 1. The summed E-state index contributed by atoms with van der Waals surface area (Å²) in [6.07, 6.45) is 1.47. The molecule has 0 fully saturated rings. The molecular formula is C13H16FNO2. The van der Waals surface area contributed by atoms with Crippen LogP contribution in [0.1, 0.15) is 18.9 Å². The molecule has 0 bridgehead atoms. The predicted octanol–water partition coefficient (Wildman–Crippen LogP) is 2.38. The van der Waals surface area contributed by atoms with E-state index in [9.17, 15) is 9.18 Å². The van der Waals surface area contributed by atoms with E-state index in [-0.39, 0.29) is 23.4 Å². The quantitative estimate of drug-likeness (QED) is 0.750. The second-order valence-corrected chi connectivity index (χ2v) is 4.45. The Morgan fingerprint density at radius 1 is 1.47 bits per heavy atom. The van der Waals surface area contributed by atoms with Gasteiger partial charge >= 0.3 is 0 Å². The van der Waals surface area contributed by atoms with Crippen molar-refractivity contribution in [2.45, 2.75) is 19.8 Å². The minimum atomic E-state index is -0.373. The molecule has 17 heavy (non-hydrogen) atoms. The van der Waals surface area contributed by atoms with E-state index in [0.29, 0.717) is 6.42 Å². The largest absolute Gasteiger partial charge is 0.494 e. The SMILES string of the molecule is COc1cc2c(cc1F)CCC(C)C(=O)N2C. The van der Waals surface area contributed by atoms with Gasteiger partial charge in [0.15, 0.2) is 11.6 Å². The third-order valence-corrected chi connectivity index (χ3v) is 3.31. The molecule has 1 amide bonds. The Hall–Kier alpha value is -1.58. The molecule has 1 heterocycles. The molecular weight excluding hydrogens is 221 g/mol. The lowest BCUT2D eigenvalue weighted by Crippen LogP contribution is -2.30. The van der Waals surface area contributed by atoms with E-state index in [0.717, 1.165) is 17.7 Å². The van der Waals surface area contributed by atoms with Crippen molar-refractivity contribution < 1.29 is 13.9 Å². The molecule has 0 spiro atoms. The van der Waals surface area contributed by atoms with Crippen LogP contribution in [0.15, 0.2) is 12.1 Å². The minimum Gasteiger partial charge on any atom is -0.494 e. The Morgan fingerprint density at radius 2 is 2.18 bits per heavy atom. The molecule has 1 aliphatic rings. The highest BCUT2D eigenvalue weighted by atomic mass is 19.1. The summed E-state index contributed by atoms with van der Waals surface area (Å²) in [7, 11) is 3.15. The molecule has 1 aliphatic heterocycles. The van der Waals surface area contributed by atoms with E-state index in [2.05, 4.69) is 0 Å².